The van der Waals surface area contributed by atoms with E-state index in [-0.39, 0.29) is 0 Å². The molecule has 7 rings (SSSR count). The maximum atomic E-state index is 2.39. The number of fused-ring (bicyclic) bond motifs is 2. The maximum Gasteiger partial charge on any atom is -0.00926 e. The van der Waals surface area contributed by atoms with Crippen molar-refractivity contribution < 1.29 is 0 Å². The maximum absolute atomic E-state index is 2.39. The number of benzene rings is 7. The summed E-state index contributed by atoms with van der Waals surface area (Å²) in [5, 5.41) is 4.97. The Morgan fingerprint density at radius 3 is 0.714 bits per heavy atom. The summed E-state index contributed by atoms with van der Waals surface area (Å²) >= 11 is 0. The zero-order chi connectivity index (χ0) is 28.1. The van der Waals surface area contributed by atoms with Crippen molar-refractivity contribution in [2.45, 2.75) is 0 Å². The Bertz CT molecular complexity index is 1740. The van der Waals surface area contributed by atoms with Gasteiger partial charge in [0.15, 0.2) is 0 Å². The van der Waals surface area contributed by atoms with Crippen LogP contribution in [0.3, 0.4) is 0 Å². The molecule has 198 valence electrons. The highest BCUT2D eigenvalue weighted by Crippen LogP contribution is 2.39. The van der Waals surface area contributed by atoms with Gasteiger partial charge >= 0.3 is 0 Å². The summed E-state index contributed by atoms with van der Waals surface area (Å²) in [7, 11) is 0. The van der Waals surface area contributed by atoms with Crippen LogP contribution in [0.4, 0.5) is 0 Å². The molecule has 0 heterocycles. The summed E-state index contributed by atoms with van der Waals surface area (Å²) in [5.74, 6) is 0. The average Bonchev–Trinajstić information content (AvgIpc) is 3.08. The highest BCUT2D eigenvalue weighted by Gasteiger charge is 2.15. The molecule has 0 nitrogen and oxygen atoms in total. The number of rotatable bonds is 6. The molecule has 0 N–H and O–H groups in total. The summed E-state index contributed by atoms with van der Waals surface area (Å²) in [5.41, 5.74) is 9.72. The average molecular weight is 535 g/mol. The topological polar surface area (TPSA) is 0 Å². The van der Waals surface area contributed by atoms with E-state index in [0.29, 0.717) is 0 Å². The van der Waals surface area contributed by atoms with Crippen LogP contribution in [-0.4, -0.2) is 0 Å². The minimum absolute atomic E-state index is 1.20. The molecule has 0 saturated heterocycles. The van der Waals surface area contributed by atoms with Crippen LogP contribution in [0.2, 0.25) is 0 Å². The molecule has 0 aliphatic rings. The van der Waals surface area contributed by atoms with E-state index < -0.39 is 0 Å². The fraction of sp³-hybridized carbons (Fsp3) is 0. The van der Waals surface area contributed by atoms with E-state index in [1.54, 1.807) is 0 Å². The van der Waals surface area contributed by atoms with Gasteiger partial charge in [-0.1, -0.05) is 170 Å². The Hall–Kier alpha value is -5.46. The van der Waals surface area contributed by atoms with Crippen molar-refractivity contribution in [1.82, 2.24) is 0 Å². The summed E-state index contributed by atoms with van der Waals surface area (Å²) < 4.78 is 0. The van der Waals surface area contributed by atoms with E-state index in [1.807, 2.05) is 0 Å². The zero-order valence-electron chi connectivity index (χ0n) is 23.3. The van der Waals surface area contributed by atoms with Gasteiger partial charge in [0.25, 0.3) is 0 Å². The molecule has 0 heteroatoms. The third-order valence-electron chi connectivity index (χ3n) is 7.93. The number of hydrogen-bond acceptors (Lipinski definition) is 0. The molecule has 0 atom stereocenters. The first-order valence-electron chi connectivity index (χ1n) is 14.5. The van der Waals surface area contributed by atoms with Crippen LogP contribution in [0.25, 0.3) is 44.8 Å². The summed E-state index contributed by atoms with van der Waals surface area (Å²) in [4.78, 5) is 0. The number of hydrogen-bond donors (Lipinski definition) is 0. The zero-order valence-corrected chi connectivity index (χ0v) is 23.3. The molecule has 0 saturated carbocycles. The van der Waals surface area contributed by atoms with Crippen molar-refractivity contribution in [2.24, 2.45) is 0 Å². The van der Waals surface area contributed by atoms with Crippen LogP contribution in [0.1, 0.15) is 33.4 Å². The van der Waals surface area contributed by atoms with E-state index in [0.717, 1.165) is 0 Å². The second-order valence-corrected chi connectivity index (χ2v) is 10.5. The van der Waals surface area contributed by atoms with Gasteiger partial charge in [0.05, 0.1) is 0 Å². The Balaban J connectivity index is 1.56. The molecule has 0 aliphatic carbocycles. The van der Waals surface area contributed by atoms with Gasteiger partial charge in [0.1, 0.15) is 0 Å². The molecule has 0 bridgehead atoms. The first-order chi connectivity index (χ1) is 20.9. The fourth-order valence-electron chi connectivity index (χ4n) is 5.93. The lowest BCUT2D eigenvalue weighted by molar-refractivity contribution is 1.55. The van der Waals surface area contributed by atoms with Crippen LogP contribution < -0.4 is 0 Å². The molecular formula is C42H30. The van der Waals surface area contributed by atoms with Gasteiger partial charge in [0.2, 0.25) is 0 Å². The van der Waals surface area contributed by atoms with Crippen molar-refractivity contribution in [2.75, 3.05) is 0 Å². The minimum Gasteiger partial charge on any atom is -0.0622 e. The van der Waals surface area contributed by atoms with E-state index >= 15 is 0 Å². The van der Waals surface area contributed by atoms with Gasteiger partial charge in [-0.2, -0.15) is 0 Å². The first kappa shape index (κ1) is 25.5. The van der Waals surface area contributed by atoms with Crippen molar-refractivity contribution in [3.63, 3.8) is 0 Å². The van der Waals surface area contributed by atoms with Gasteiger partial charge < -0.3 is 0 Å². The van der Waals surface area contributed by atoms with Crippen LogP contribution in [0, 0.1) is 0 Å². The van der Waals surface area contributed by atoms with Crippen LogP contribution in [0.5, 0.6) is 0 Å². The largest absolute Gasteiger partial charge is 0.0622 e. The summed E-state index contributed by atoms with van der Waals surface area (Å²) in [6.45, 7) is 0. The Labute approximate surface area is 247 Å². The van der Waals surface area contributed by atoms with Crippen molar-refractivity contribution in [3.8, 4) is 0 Å². The molecule has 0 fully saturated rings. The smallest absolute Gasteiger partial charge is 0.00926 e. The Kier molecular flexibility index (Phi) is 7.02. The predicted octanol–water partition coefficient (Wildman–Crippen LogP) is 11.2. The second kappa shape index (κ2) is 11.6. The summed E-state index contributed by atoms with van der Waals surface area (Å²) in [6, 6.07) is 60.5. The van der Waals surface area contributed by atoms with Crippen molar-refractivity contribution in [3.05, 3.63) is 203 Å². The third-order valence-corrected chi connectivity index (χ3v) is 7.93. The van der Waals surface area contributed by atoms with Gasteiger partial charge in [-0.25, -0.2) is 0 Å². The van der Waals surface area contributed by atoms with Crippen LogP contribution in [-0.2, 0) is 0 Å². The van der Waals surface area contributed by atoms with E-state index in [9.17, 15) is 0 Å². The van der Waals surface area contributed by atoms with E-state index in [2.05, 4.69) is 182 Å². The molecule has 42 heavy (non-hydrogen) atoms. The monoisotopic (exact) mass is 534 g/mol. The van der Waals surface area contributed by atoms with E-state index in [4.69, 9.17) is 0 Å². The Morgan fingerprint density at radius 2 is 0.476 bits per heavy atom. The third kappa shape index (κ3) is 4.96. The summed E-state index contributed by atoms with van der Waals surface area (Å²) in [6.07, 6.45) is 4.77. The van der Waals surface area contributed by atoms with E-state index in [1.165, 1.54) is 66.1 Å². The van der Waals surface area contributed by atoms with Crippen LogP contribution >= 0.6 is 0 Å². The SMILES string of the molecule is C(=C(c1ccccc1)c1ccccc1)c1c2ccccc2c(C=C(c2ccccc2)c2ccccc2)c2ccccc12. The predicted molar refractivity (Wildman–Crippen MR) is 181 cm³/mol. The molecule has 0 unspecified atom stereocenters. The Morgan fingerprint density at radius 1 is 0.262 bits per heavy atom. The van der Waals surface area contributed by atoms with Crippen molar-refractivity contribution >= 4 is 44.8 Å². The van der Waals surface area contributed by atoms with Crippen molar-refractivity contribution in [1.29, 1.82) is 0 Å². The van der Waals surface area contributed by atoms with Gasteiger partial charge in [-0.15, -0.1) is 0 Å². The molecule has 0 aromatic heterocycles. The van der Waals surface area contributed by atoms with Crippen LogP contribution in [0.15, 0.2) is 170 Å². The lowest BCUT2D eigenvalue weighted by atomic mass is 9.87. The van der Waals surface area contributed by atoms with Gasteiger partial charge in [-0.3, -0.25) is 0 Å². The fourth-order valence-corrected chi connectivity index (χ4v) is 5.93. The normalized spacial score (nSPS) is 10.9. The minimum atomic E-state index is 1.20. The quantitative estimate of drug-likeness (QED) is 0.147. The first-order valence-corrected chi connectivity index (χ1v) is 14.5. The molecule has 0 amide bonds. The van der Waals surface area contributed by atoms with Gasteiger partial charge in [-0.05, 0) is 78.2 Å². The van der Waals surface area contributed by atoms with Gasteiger partial charge in [0, 0.05) is 0 Å². The molecule has 7 aromatic carbocycles. The molecule has 0 aliphatic heterocycles. The molecular weight excluding hydrogens is 504 g/mol. The molecule has 0 spiro atoms. The lowest BCUT2D eigenvalue weighted by Gasteiger charge is -2.17. The molecule has 0 radical (unpaired) electrons. The highest BCUT2D eigenvalue weighted by molar-refractivity contribution is 6.16. The standard InChI is InChI=1S/C42H30/c1-5-17-31(18-6-1)39(32-19-7-2-8-20-32)29-41-35-25-13-15-27-37(35)42(38-28-16-14-26-36(38)41)30-40(33-21-9-3-10-22-33)34-23-11-4-12-24-34/h1-30H. The molecule has 7 aromatic rings. The lowest BCUT2D eigenvalue weighted by Crippen LogP contribution is -1.93. The highest BCUT2D eigenvalue weighted by atomic mass is 14.2. The second-order valence-electron chi connectivity index (χ2n) is 10.5.